The van der Waals surface area contributed by atoms with Gasteiger partial charge in [0.1, 0.15) is 0 Å². The highest BCUT2D eigenvalue weighted by Crippen LogP contribution is 2.43. The van der Waals surface area contributed by atoms with Gasteiger partial charge in [-0.3, -0.25) is 0 Å². The molecule has 0 aliphatic heterocycles. The molecule has 2 aromatic heterocycles. The first-order chi connectivity index (χ1) is 25.3. The van der Waals surface area contributed by atoms with Crippen LogP contribution in [0.5, 0.6) is 0 Å². The Balaban J connectivity index is 1.08. The van der Waals surface area contributed by atoms with E-state index in [0.717, 1.165) is 17.1 Å². The third kappa shape index (κ3) is 5.18. The fourth-order valence-corrected chi connectivity index (χ4v) is 8.63. The largest absolute Gasteiger partial charge is 0.354 e. The second-order valence-corrected chi connectivity index (χ2v) is 14.1. The lowest BCUT2D eigenvalue weighted by Gasteiger charge is -2.26. The van der Waals surface area contributed by atoms with Crippen molar-refractivity contribution in [1.82, 2.24) is 4.98 Å². The zero-order valence-corrected chi connectivity index (χ0v) is 28.6. The Morgan fingerprint density at radius 1 is 0.353 bits per heavy atom. The van der Waals surface area contributed by atoms with Gasteiger partial charge in [0.15, 0.2) is 0 Å². The van der Waals surface area contributed by atoms with E-state index in [-0.39, 0.29) is 0 Å². The van der Waals surface area contributed by atoms with Crippen LogP contribution in [0.2, 0.25) is 0 Å². The molecular weight excluding hydrogens is 637 g/mol. The molecule has 0 amide bonds. The van der Waals surface area contributed by atoms with Crippen LogP contribution >= 0.6 is 11.3 Å². The van der Waals surface area contributed by atoms with E-state index >= 15 is 0 Å². The molecule has 0 aliphatic carbocycles. The van der Waals surface area contributed by atoms with E-state index in [9.17, 15) is 0 Å². The van der Waals surface area contributed by atoms with Crippen molar-refractivity contribution in [3.63, 3.8) is 0 Å². The van der Waals surface area contributed by atoms with Crippen molar-refractivity contribution in [2.24, 2.45) is 0 Å². The molecule has 0 saturated heterocycles. The summed E-state index contributed by atoms with van der Waals surface area (Å²) in [4.78, 5) is 6.07. The van der Waals surface area contributed by atoms with Crippen LogP contribution in [0.15, 0.2) is 188 Å². The first kappa shape index (κ1) is 29.5. The molecule has 240 valence electrons. The van der Waals surface area contributed by atoms with Crippen molar-refractivity contribution in [3.05, 3.63) is 188 Å². The van der Waals surface area contributed by atoms with Gasteiger partial charge in [-0.25, -0.2) is 0 Å². The summed E-state index contributed by atoms with van der Waals surface area (Å²) in [5, 5.41) is 5.08. The molecule has 0 radical (unpaired) electrons. The van der Waals surface area contributed by atoms with Crippen LogP contribution in [0.3, 0.4) is 0 Å². The number of benzene rings is 8. The van der Waals surface area contributed by atoms with Crippen molar-refractivity contribution in [3.8, 4) is 33.4 Å². The van der Waals surface area contributed by atoms with Gasteiger partial charge in [0.25, 0.3) is 0 Å². The molecule has 1 N–H and O–H groups in total. The molecule has 2 heterocycles. The molecule has 8 aromatic carbocycles. The van der Waals surface area contributed by atoms with Crippen molar-refractivity contribution >= 4 is 70.4 Å². The lowest BCUT2D eigenvalue weighted by molar-refractivity contribution is 1.29. The molecule has 0 saturated carbocycles. The molecule has 2 nitrogen and oxygen atoms in total. The molecule has 10 rings (SSSR count). The standard InChI is InChI=1S/C48H32N2S/c1-3-10-32(11-4-1)34-18-23-37(24-19-34)50(38-25-20-35(21-26-38)33-12-5-2-6-13-33)39-27-29-46-44(31-39)42-28-22-36(30-47(42)51-46)40-15-9-16-43-41-14-7-8-17-45(41)49-48(40)43/h1-31,49H. The number of para-hydroxylation sites is 2. The second kappa shape index (κ2) is 12.2. The number of thiophene rings is 1. The highest BCUT2D eigenvalue weighted by atomic mass is 32.1. The smallest absolute Gasteiger partial charge is 0.0544 e. The van der Waals surface area contributed by atoms with E-state index < -0.39 is 0 Å². The summed E-state index contributed by atoms with van der Waals surface area (Å²) in [6.07, 6.45) is 0. The zero-order chi connectivity index (χ0) is 33.7. The van der Waals surface area contributed by atoms with Gasteiger partial charge in [-0.05, 0) is 82.4 Å². The Morgan fingerprint density at radius 3 is 1.61 bits per heavy atom. The van der Waals surface area contributed by atoms with Crippen molar-refractivity contribution in [2.45, 2.75) is 0 Å². The number of nitrogens with zero attached hydrogens (tertiary/aromatic N) is 1. The highest BCUT2D eigenvalue weighted by molar-refractivity contribution is 7.25. The van der Waals surface area contributed by atoms with Gasteiger partial charge in [0.2, 0.25) is 0 Å². The number of anilines is 3. The maximum absolute atomic E-state index is 3.69. The zero-order valence-electron chi connectivity index (χ0n) is 27.8. The summed E-state index contributed by atoms with van der Waals surface area (Å²) in [6.45, 7) is 0. The van der Waals surface area contributed by atoms with Gasteiger partial charge < -0.3 is 9.88 Å². The SMILES string of the molecule is c1ccc(-c2ccc(N(c3ccc(-c4ccccc4)cc3)c3ccc4sc5cc(-c6cccc7c6[nH]c6ccccc67)ccc5c4c3)cc2)cc1. The molecule has 0 aliphatic rings. The predicted octanol–water partition coefficient (Wildman–Crippen LogP) is 14.2. The molecule has 10 aromatic rings. The van der Waals surface area contributed by atoms with E-state index in [1.54, 1.807) is 0 Å². The quantitative estimate of drug-likeness (QED) is 0.187. The topological polar surface area (TPSA) is 19.0 Å². The molecule has 51 heavy (non-hydrogen) atoms. The van der Waals surface area contributed by atoms with Crippen LogP contribution < -0.4 is 4.90 Å². The lowest BCUT2D eigenvalue weighted by atomic mass is 10.0. The molecule has 3 heteroatoms. The minimum absolute atomic E-state index is 1.12. The predicted molar refractivity (Wildman–Crippen MR) is 220 cm³/mol. The van der Waals surface area contributed by atoms with E-state index in [4.69, 9.17) is 0 Å². The Bertz CT molecular complexity index is 2750. The molecule has 0 spiro atoms. The molecular formula is C48H32N2S. The van der Waals surface area contributed by atoms with Crippen LogP contribution in [0.25, 0.3) is 75.4 Å². The number of H-pyrrole nitrogens is 1. The van der Waals surface area contributed by atoms with Gasteiger partial charge in [0.05, 0.1) is 5.52 Å². The number of hydrogen-bond donors (Lipinski definition) is 1. The average Bonchev–Trinajstić information content (AvgIpc) is 3.77. The van der Waals surface area contributed by atoms with E-state index in [2.05, 4.69) is 198 Å². The number of rotatable bonds is 6. The fraction of sp³-hybridized carbons (Fsp3) is 0. The average molecular weight is 669 g/mol. The van der Waals surface area contributed by atoms with Crippen molar-refractivity contribution < 1.29 is 0 Å². The Hall–Kier alpha value is -6.42. The summed E-state index contributed by atoms with van der Waals surface area (Å²) in [5.41, 5.74) is 13.0. The molecule has 0 bridgehead atoms. The van der Waals surface area contributed by atoms with Crippen molar-refractivity contribution in [2.75, 3.05) is 4.90 Å². The van der Waals surface area contributed by atoms with E-state index in [1.165, 1.54) is 75.4 Å². The second-order valence-electron chi connectivity index (χ2n) is 13.1. The van der Waals surface area contributed by atoms with Gasteiger partial charge in [-0.15, -0.1) is 11.3 Å². The minimum atomic E-state index is 1.12. The van der Waals surface area contributed by atoms with Crippen LogP contribution in [0, 0.1) is 0 Å². The number of aromatic nitrogens is 1. The maximum atomic E-state index is 3.69. The number of aromatic amines is 1. The van der Waals surface area contributed by atoms with Crippen LogP contribution in [0.4, 0.5) is 17.1 Å². The summed E-state index contributed by atoms with van der Waals surface area (Å²) in [6, 6.07) is 68.0. The summed E-state index contributed by atoms with van der Waals surface area (Å²) < 4.78 is 2.58. The molecule has 0 fully saturated rings. The molecule has 0 atom stereocenters. The Morgan fingerprint density at radius 2 is 0.922 bits per heavy atom. The normalized spacial score (nSPS) is 11.5. The third-order valence-corrected chi connectivity index (χ3v) is 11.2. The first-order valence-electron chi connectivity index (χ1n) is 17.3. The van der Waals surface area contributed by atoms with Crippen LogP contribution in [-0.4, -0.2) is 4.98 Å². The molecule has 0 unspecified atom stereocenters. The summed E-state index contributed by atoms with van der Waals surface area (Å²) in [5.74, 6) is 0. The van der Waals surface area contributed by atoms with Gasteiger partial charge in [-0.1, -0.05) is 133 Å². The lowest BCUT2D eigenvalue weighted by Crippen LogP contribution is -2.09. The summed E-state index contributed by atoms with van der Waals surface area (Å²) >= 11 is 1.86. The number of fused-ring (bicyclic) bond motifs is 6. The van der Waals surface area contributed by atoms with Crippen LogP contribution in [-0.2, 0) is 0 Å². The van der Waals surface area contributed by atoms with Gasteiger partial charge >= 0.3 is 0 Å². The summed E-state index contributed by atoms with van der Waals surface area (Å²) in [7, 11) is 0. The van der Waals surface area contributed by atoms with E-state index in [1.807, 2.05) is 11.3 Å². The Labute approximate surface area is 300 Å². The van der Waals surface area contributed by atoms with Crippen LogP contribution in [0.1, 0.15) is 0 Å². The number of hydrogen-bond acceptors (Lipinski definition) is 2. The van der Waals surface area contributed by atoms with Gasteiger partial charge in [0, 0.05) is 59.1 Å². The number of nitrogens with one attached hydrogen (secondary N) is 1. The van der Waals surface area contributed by atoms with Crippen molar-refractivity contribution in [1.29, 1.82) is 0 Å². The maximum Gasteiger partial charge on any atom is 0.0544 e. The third-order valence-electron chi connectivity index (χ3n) is 10.0. The monoisotopic (exact) mass is 668 g/mol. The highest BCUT2D eigenvalue weighted by Gasteiger charge is 2.17. The first-order valence-corrected chi connectivity index (χ1v) is 18.2. The van der Waals surface area contributed by atoms with E-state index in [0.29, 0.717) is 0 Å². The minimum Gasteiger partial charge on any atom is -0.354 e. The van der Waals surface area contributed by atoms with Gasteiger partial charge in [-0.2, -0.15) is 0 Å². The fourth-order valence-electron chi connectivity index (χ4n) is 7.50. The Kier molecular flexibility index (Phi) is 7.04.